The molecule has 0 spiro atoms. The summed E-state index contributed by atoms with van der Waals surface area (Å²) in [7, 11) is 0. The molecular weight excluding hydrogens is 805 g/mol. The summed E-state index contributed by atoms with van der Waals surface area (Å²) in [5.74, 6) is -0.893. The third kappa shape index (κ3) is 52.2. The molecule has 0 rings (SSSR count). The van der Waals surface area contributed by atoms with E-state index in [1.54, 1.807) is 0 Å². The minimum atomic E-state index is -0.783. The second-order valence-corrected chi connectivity index (χ2v) is 18.8. The minimum absolute atomic E-state index is 0.0799. The lowest BCUT2D eigenvalue weighted by Crippen LogP contribution is -2.30. The van der Waals surface area contributed by atoms with Crippen LogP contribution in [-0.2, 0) is 28.6 Å². The highest BCUT2D eigenvalue weighted by molar-refractivity contribution is 5.71. The van der Waals surface area contributed by atoms with Crippen LogP contribution in [0.1, 0.15) is 290 Å². The van der Waals surface area contributed by atoms with E-state index in [0.29, 0.717) is 19.3 Å². The summed E-state index contributed by atoms with van der Waals surface area (Å²) in [5, 5.41) is 0. The van der Waals surface area contributed by atoms with Gasteiger partial charge in [0.15, 0.2) is 6.10 Å². The van der Waals surface area contributed by atoms with E-state index < -0.39 is 6.10 Å². The lowest BCUT2D eigenvalue weighted by Gasteiger charge is -2.18. The molecule has 65 heavy (non-hydrogen) atoms. The van der Waals surface area contributed by atoms with Crippen molar-refractivity contribution >= 4 is 17.9 Å². The normalized spacial score (nSPS) is 12.4. The molecule has 0 unspecified atom stereocenters. The predicted molar refractivity (Wildman–Crippen MR) is 279 cm³/mol. The number of esters is 3. The van der Waals surface area contributed by atoms with Crippen molar-refractivity contribution in [1.29, 1.82) is 0 Å². The topological polar surface area (TPSA) is 78.9 Å². The van der Waals surface area contributed by atoms with Crippen LogP contribution in [0.3, 0.4) is 0 Å². The number of rotatable bonds is 51. The maximum atomic E-state index is 12.8. The van der Waals surface area contributed by atoms with Crippen LogP contribution in [0.5, 0.6) is 0 Å². The van der Waals surface area contributed by atoms with E-state index in [1.807, 2.05) is 0 Å². The SMILES string of the molecule is CC/C=C/C/C=C/C/C=C/CCCCCCCC(=O)O[C@H](COC(=O)CCCCCCC/C=C/CCCCCCC)COC(=O)CCCCCCCCCCCCCCCCCCCC. The van der Waals surface area contributed by atoms with Crippen molar-refractivity contribution in [3.8, 4) is 0 Å². The Labute approximate surface area is 403 Å². The van der Waals surface area contributed by atoms with E-state index in [0.717, 1.165) is 103 Å². The van der Waals surface area contributed by atoms with Gasteiger partial charge < -0.3 is 14.2 Å². The van der Waals surface area contributed by atoms with Crippen LogP contribution in [0.25, 0.3) is 0 Å². The highest BCUT2D eigenvalue weighted by atomic mass is 16.6. The van der Waals surface area contributed by atoms with Crippen molar-refractivity contribution in [2.75, 3.05) is 13.2 Å². The summed E-state index contributed by atoms with van der Waals surface area (Å²) >= 11 is 0. The van der Waals surface area contributed by atoms with Gasteiger partial charge in [-0.25, -0.2) is 0 Å². The van der Waals surface area contributed by atoms with E-state index >= 15 is 0 Å². The van der Waals surface area contributed by atoms with Crippen LogP contribution in [-0.4, -0.2) is 37.2 Å². The van der Waals surface area contributed by atoms with Gasteiger partial charge in [-0.05, 0) is 77.0 Å². The Morgan fingerprint density at radius 3 is 0.954 bits per heavy atom. The summed E-state index contributed by atoms with van der Waals surface area (Å²) in [6.07, 6.45) is 65.3. The van der Waals surface area contributed by atoms with Crippen LogP contribution in [0.15, 0.2) is 48.6 Å². The van der Waals surface area contributed by atoms with Crippen LogP contribution in [0.4, 0.5) is 0 Å². The van der Waals surface area contributed by atoms with Crippen molar-refractivity contribution in [2.24, 2.45) is 0 Å². The zero-order valence-electron chi connectivity index (χ0n) is 43.3. The molecule has 0 saturated heterocycles. The predicted octanol–water partition coefficient (Wildman–Crippen LogP) is 18.7. The number of ether oxygens (including phenoxy) is 3. The van der Waals surface area contributed by atoms with Crippen molar-refractivity contribution < 1.29 is 28.6 Å². The van der Waals surface area contributed by atoms with Gasteiger partial charge in [0.25, 0.3) is 0 Å². The van der Waals surface area contributed by atoms with Gasteiger partial charge in [0, 0.05) is 19.3 Å². The Morgan fingerprint density at radius 1 is 0.323 bits per heavy atom. The van der Waals surface area contributed by atoms with Crippen molar-refractivity contribution in [2.45, 2.75) is 297 Å². The van der Waals surface area contributed by atoms with Gasteiger partial charge in [0.05, 0.1) is 0 Å². The van der Waals surface area contributed by atoms with Crippen molar-refractivity contribution in [1.82, 2.24) is 0 Å². The van der Waals surface area contributed by atoms with Gasteiger partial charge >= 0.3 is 17.9 Å². The summed E-state index contributed by atoms with van der Waals surface area (Å²) in [6.45, 7) is 6.53. The zero-order chi connectivity index (χ0) is 47.2. The van der Waals surface area contributed by atoms with Gasteiger partial charge in [-0.1, -0.05) is 243 Å². The van der Waals surface area contributed by atoms with Crippen LogP contribution < -0.4 is 0 Å². The maximum absolute atomic E-state index is 12.8. The first-order valence-corrected chi connectivity index (χ1v) is 28.1. The lowest BCUT2D eigenvalue weighted by molar-refractivity contribution is -0.167. The molecule has 0 aliphatic heterocycles. The Balaban J connectivity index is 4.36. The fraction of sp³-hybridized carbons (Fsp3) is 0.814. The average Bonchev–Trinajstić information content (AvgIpc) is 3.30. The Bertz CT molecular complexity index is 1140. The summed E-state index contributed by atoms with van der Waals surface area (Å²) in [4.78, 5) is 38.1. The number of unbranched alkanes of at least 4 members (excludes halogenated alkanes) is 32. The molecule has 0 radical (unpaired) electrons. The average molecular weight is 911 g/mol. The highest BCUT2D eigenvalue weighted by Gasteiger charge is 2.19. The monoisotopic (exact) mass is 911 g/mol. The molecule has 0 amide bonds. The van der Waals surface area contributed by atoms with E-state index in [2.05, 4.69) is 69.4 Å². The van der Waals surface area contributed by atoms with E-state index in [1.165, 1.54) is 148 Å². The molecule has 378 valence electrons. The summed E-state index contributed by atoms with van der Waals surface area (Å²) in [6, 6.07) is 0. The molecule has 0 aromatic rings. The Kier molecular flexibility index (Phi) is 51.8. The maximum Gasteiger partial charge on any atom is 0.306 e. The van der Waals surface area contributed by atoms with Crippen LogP contribution in [0, 0.1) is 0 Å². The second-order valence-electron chi connectivity index (χ2n) is 18.8. The molecule has 0 aliphatic rings. The quantitative estimate of drug-likeness (QED) is 0.0262. The van der Waals surface area contributed by atoms with Crippen molar-refractivity contribution in [3.63, 3.8) is 0 Å². The number of hydrogen-bond donors (Lipinski definition) is 0. The summed E-state index contributed by atoms with van der Waals surface area (Å²) in [5.41, 5.74) is 0. The highest BCUT2D eigenvalue weighted by Crippen LogP contribution is 2.16. The molecule has 0 N–H and O–H groups in total. The fourth-order valence-electron chi connectivity index (χ4n) is 8.10. The van der Waals surface area contributed by atoms with Crippen LogP contribution >= 0.6 is 0 Å². The first kappa shape index (κ1) is 62.4. The Morgan fingerprint density at radius 2 is 0.600 bits per heavy atom. The molecule has 0 aromatic heterocycles. The van der Waals surface area contributed by atoms with E-state index in [4.69, 9.17) is 14.2 Å². The number of hydrogen-bond acceptors (Lipinski definition) is 6. The lowest BCUT2D eigenvalue weighted by atomic mass is 10.0. The molecule has 6 nitrogen and oxygen atoms in total. The van der Waals surface area contributed by atoms with Gasteiger partial charge in [-0.3, -0.25) is 14.4 Å². The molecule has 0 heterocycles. The van der Waals surface area contributed by atoms with Gasteiger partial charge in [0.2, 0.25) is 0 Å². The molecular formula is C59H106O6. The van der Waals surface area contributed by atoms with E-state index in [9.17, 15) is 14.4 Å². The van der Waals surface area contributed by atoms with Crippen molar-refractivity contribution in [3.05, 3.63) is 48.6 Å². The second kappa shape index (κ2) is 54.0. The summed E-state index contributed by atoms with van der Waals surface area (Å²) < 4.78 is 16.8. The Hall–Kier alpha value is -2.63. The number of carbonyl (C=O) groups excluding carboxylic acids is 3. The first-order valence-electron chi connectivity index (χ1n) is 28.1. The molecule has 1 atom stereocenters. The van der Waals surface area contributed by atoms with Gasteiger partial charge in [0.1, 0.15) is 13.2 Å². The molecule has 0 fully saturated rings. The third-order valence-corrected chi connectivity index (χ3v) is 12.3. The smallest absolute Gasteiger partial charge is 0.306 e. The molecule has 0 aromatic carbocycles. The molecule has 0 aliphatic carbocycles. The fourth-order valence-corrected chi connectivity index (χ4v) is 8.10. The molecule has 0 bridgehead atoms. The third-order valence-electron chi connectivity index (χ3n) is 12.3. The first-order chi connectivity index (χ1) is 32.0. The number of allylic oxidation sites excluding steroid dienone is 8. The molecule has 6 heteroatoms. The van der Waals surface area contributed by atoms with Crippen LogP contribution in [0.2, 0.25) is 0 Å². The standard InChI is InChI=1S/C59H106O6/c1-4-7-10-13-16-19-22-25-28-29-30-32-34-37-40-43-46-49-52-58(61)64-55-56(54-63-57(60)51-48-45-42-39-36-33-27-24-21-18-15-12-9-6-3)65-59(62)53-50-47-44-41-38-35-31-26-23-20-17-14-11-8-5-2/h8,11,17,20,24,26-27,31,56H,4-7,9-10,12-16,18-19,21-23,25,28-30,32-55H2,1-3H3/b11-8+,20-17+,27-24+,31-26+/t56-/m1/s1. The molecule has 0 saturated carbocycles. The van der Waals surface area contributed by atoms with E-state index in [-0.39, 0.29) is 31.1 Å². The van der Waals surface area contributed by atoms with Gasteiger partial charge in [-0.2, -0.15) is 0 Å². The zero-order valence-corrected chi connectivity index (χ0v) is 43.3. The number of carbonyl (C=O) groups is 3. The van der Waals surface area contributed by atoms with Gasteiger partial charge in [-0.15, -0.1) is 0 Å². The minimum Gasteiger partial charge on any atom is -0.462 e. The largest absolute Gasteiger partial charge is 0.462 e.